The van der Waals surface area contributed by atoms with Gasteiger partial charge in [0.25, 0.3) is 0 Å². The zero-order valence-electron chi connectivity index (χ0n) is 29.5. The fourth-order valence-corrected chi connectivity index (χ4v) is 4.36. The second kappa shape index (κ2) is 44.5. The highest BCUT2D eigenvalue weighted by Crippen LogP contribution is 2.12. The summed E-state index contributed by atoms with van der Waals surface area (Å²) in [6, 6.07) is 0. The van der Waals surface area contributed by atoms with Crippen LogP contribution < -0.4 is 0 Å². The van der Waals surface area contributed by atoms with E-state index in [9.17, 15) is 4.39 Å². The summed E-state index contributed by atoms with van der Waals surface area (Å²) in [5.41, 5.74) is 0. The molecule has 11 heteroatoms. The lowest BCUT2D eigenvalue weighted by molar-refractivity contribution is -0.0265. The summed E-state index contributed by atoms with van der Waals surface area (Å²) in [5, 5.41) is 0. The molecule has 0 aliphatic carbocycles. The first-order valence-corrected chi connectivity index (χ1v) is 18.2. The molecular formula is C35H71FO10. The van der Waals surface area contributed by atoms with Crippen LogP contribution in [0, 0.1) is 0 Å². The van der Waals surface area contributed by atoms with Gasteiger partial charge in [0, 0.05) is 6.61 Å². The molecule has 0 N–H and O–H groups in total. The summed E-state index contributed by atoms with van der Waals surface area (Å²) in [4.78, 5) is 0. The van der Waals surface area contributed by atoms with Crippen LogP contribution in [-0.4, -0.2) is 139 Å². The van der Waals surface area contributed by atoms with Crippen LogP contribution in [-0.2, 0) is 47.4 Å². The summed E-state index contributed by atoms with van der Waals surface area (Å²) in [7, 11) is 0. The molecule has 278 valence electrons. The minimum atomic E-state index is -0.470. The summed E-state index contributed by atoms with van der Waals surface area (Å²) >= 11 is 0. The fraction of sp³-hybridized carbons (Fsp3) is 1.00. The van der Waals surface area contributed by atoms with E-state index in [4.69, 9.17) is 47.4 Å². The van der Waals surface area contributed by atoms with Crippen molar-refractivity contribution in [2.75, 3.05) is 139 Å². The number of unbranched alkanes of at least 4 members (excludes halogenated alkanes) is 12. The molecule has 0 heterocycles. The summed E-state index contributed by atoms with van der Waals surface area (Å²) in [6.45, 7) is 12.1. The maximum absolute atomic E-state index is 11.8. The fourth-order valence-electron chi connectivity index (χ4n) is 4.36. The van der Waals surface area contributed by atoms with Crippen molar-refractivity contribution in [2.45, 2.75) is 90.4 Å². The van der Waals surface area contributed by atoms with Crippen molar-refractivity contribution >= 4 is 0 Å². The first-order valence-electron chi connectivity index (χ1n) is 18.2. The third-order valence-corrected chi connectivity index (χ3v) is 6.96. The number of hydrogen-bond donors (Lipinski definition) is 0. The molecule has 0 amide bonds. The summed E-state index contributed by atoms with van der Waals surface area (Å²) in [6.07, 6.45) is 17.8. The average Bonchev–Trinajstić information content (AvgIpc) is 3.07. The topological polar surface area (TPSA) is 92.3 Å². The summed E-state index contributed by atoms with van der Waals surface area (Å²) in [5.74, 6) is 0. The van der Waals surface area contributed by atoms with Gasteiger partial charge in [0.1, 0.15) is 6.67 Å². The Hall–Kier alpha value is -0.470. The van der Waals surface area contributed by atoms with Gasteiger partial charge in [-0.1, -0.05) is 84.0 Å². The van der Waals surface area contributed by atoms with Gasteiger partial charge in [0.05, 0.1) is 126 Å². The van der Waals surface area contributed by atoms with Crippen molar-refractivity contribution in [1.29, 1.82) is 0 Å². The quantitative estimate of drug-likeness (QED) is 0.0697. The lowest BCUT2D eigenvalue weighted by Gasteiger charge is -2.09. The Morgan fingerprint density at radius 3 is 0.674 bits per heavy atom. The predicted octanol–water partition coefficient (Wildman–Crippen LogP) is 6.21. The molecule has 0 rings (SSSR count). The molecule has 10 nitrogen and oxygen atoms in total. The number of ether oxygens (including phenoxy) is 10. The largest absolute Gasteiger partial charge is 0.379 e. The molecule has 0 fully saturated rings. The van der Waals surface area contributed by atoms with E-state index in [-0.39, 0.29) is 6.61 Å². The van der Waals surface area contributed by atoms with Gasteiger partial charge in [-0.25, -0.2) is 4.39 Å². The van der Waals surface area contributed by atoms with Crippen LogP contribution in [0.25, 0.3) is 0 Å². The van der Waals surface area contributed by atoms with Crippen LogP contribution in [0.4, 0.5) is 4.39 Å². The van der Waals surface area contributed by atoms with E-state index in [1.165, 1.54) is 77.0 Å². The van der Waals surface area contributed by atoms with E-state index in [0.29, 0.717) is 119 Å². The van der Waals surface area contributed by atoms with Gasteiger partial charge < -0.3 is 47.4 Å². The standard InChI is InChI=1S/C35H71FO10/c1-2-3-4-5-6-7-8-9-10-11-12-13-14-16-37-18-20-39-22-24-41-26-28-43-30-32-45-34-35-46-33-31-44-29-27-42-25-23-40-21-19-38-17-15-36/h2-35H2,1H3. The maximum Gasteiger partial charge on any atom is 0.113 e. The molecular weight excluding hydrogens is 599 g/mol. The lowest BCUT2D eigenvalue weighted by atomic mass is 10.0. The van der Waals surface area contributed by atoms with Gasteiger partial charge in [-0.2, -0.15) is 0 Å². The average molecular weight is 671 g/mol. The Morgan fingerprint density at radius 1 is 0.239 bits per heavy atom. The highest BCUT2D eigenvalue weighted by atomic mass is 19.1. The third kappa shape index (κ3) is 43.5. The van der Waals surface area contributed by atoms with Crippen molar-refractivity contribution in [3.8, 4) is 0 Å². The normalized spacial score (nSPS) is 11.6. The van der Waals surface area contributed by atoms with Crippen LogP contribution in [0.2, 0.25) is 0 Å². The zero-order chi connectivity index (χ0) is 33.1. The Kier molecular flexibility index (Phi) is 44.1. The zero-order valence-corrected chi connectivity index (χ0v) is 29.5. The maximum atomic E-state index is 11.8. The van der Waals surface area contributed by atoms with E-state index < -0.39 is 6.67 Å². The van der Waals surface area contributed by atoms with Gasteiger partial charge in [0.2, 0.25) is 0 Å². The molecule has 0 spiro atoms. The molecule has 0 aromatic heterocycles. The van der Waals surface area contributed by atoms with Gasteiger partial charge in [-0.3, -0.25) is 0 Å². The van der Waals surface area contributed by atoms with Crippen molar-refractivity contribution in [3.05, 3.63) is 0 Å². The molecule has 0 saturated carbocycles. The van der Waals surface area contributed by atoms with Crippen LogP contribution >= 0.6 is 0 Å². The third-order valence-electron chi connectivity index (χ3n) is 6.96. The van der Waals surface area contributed by atoms with Crippen molar-refractivity contribution in [2.24, 2.45) is 0 Å². The van der Waals surface area contributed by atoms with E-state index in [2.05, 4.69) is 6.92 Å². The smallest absolute Gasteiger partial charge is 0.113 e. The lowest BCUT2D eigenvalue weighted by Crippen LogP contribution is -2.15. The Balaban J connectivity index is 3.03. The molecule has 46 heavy (non-hydrogen) atoms. The van der Waals surface area contributed by atoms with Crippen molar-refractivity contribution in [1.82, 2.24) is 0 Å². The molecule has 0 aromatic rings. The van der Waals surface area contributed by atoms with Crippen LogP contribution in [0.5, 0.6) is 0 Å². The number of halogens is 1. The number of hydrogen-bond acceptors (Lipinski definition) is 10. The van der Waals surface area contributed by atoms with Gasteiger partial charge in [-0.05, 0) is 6.42 Å². The minimum absolute atomic E-state index is 0.118. The Morgan fingerprint density at radius 2 is 0.435 bits per heavy atom. The highest BCUT2D eigenvalue weighted by Gasteiger charge is 1.97. The molecule has 0 aromatic carbocycles. The SMILES string of the molecule is CCCCCCCCCCCCCCCOCCOCCOCCOCCOCCOCCOCCOCCOCCOCCF. The first kappa shape index (κ1) is 45.5. The van der Waals surface area contributed by atoms with Crippen LogP contribution in [0.15, 0.2) is 0 Å². The van der Waals surface area contributed by atoms with Crippen LogP contribution in [0.1, 0.15) is 90.4 Å². The molecule has 0 aliphatic rings. The minimum Gasteiger partial charge on any atom is -0.379 e. The first-order chi connectivity index (χ1) is 22.9. The van der Waals surface area contributed by atoms with Gasteiger partial charge in [0.15, 0.2) is 0 Å². The second-order valence-electron chi connectivity index (χ2n) is 11.1. The molecule has 0 atom stereocenters. The molecule has 0 unspecified atom stereocenters. The van der Waals surface area contributed by atoms with E-state index in [1.807, 2.05) is 0 Å². The molecule has 0 bridgehead atoms. The molecule has 0 aliphatic heterocycles. The van der Waals surface area contributed by atoms with E-state index >= 15 is 0 Å². The van der Waals surface area contributed by atoms with Crippen molar-refractivity contribution < 1.29 is 51.8 Å². The number of alkyl halides is 1. The highest BCUT2D eigenvalue weighted by molar-refractivity contribution is 4.49. The van der Waals surface area contributed by atoms with Crippen LogP contribution in [0.3, 0.4) is 0 Å². The van der Waals surface area contributed by atoms with E-state index in [0.717, 1.165) is 13.0 Å². The van der Waals surface area contributed by atoms with Gasteiger partial charge >= 0.3 is 0 Å². The Bertz CT molecular complexity index is 478. The Labute approximate surface area is 280 Å². The van der Waals surface area contributed by atoms with E-state index in [1.54, 1.807) is 0 Å². The molecule has 0 radical (unpaired) electrons. The monoisotopic (exact) mass is 671 g/mol. The molecule has 0 saturated heterocycles. The number of rotatable bonds is 43. The second-order valence-corrected chi connectivity index (χ2v) is 11.1. The van der Waals surface area contributed by atoms with Gasteiger partial charge in [-0.15, -0.1) is 0 Å². The van der Waals surface area contributed by atoms with Crippen molar-refractivity contribution in [3.63, 3.8) is 0 Å². The predicted molar refractivity (Wildman–Crippen MR) is 180 cm³/mol. The summed E-state index contributed by atoms with van der Waals surface area (Å²) < 4.78 is 66.1.